The molecule has 106 valence electrons. The largest absolute Gasteiger partial charge is 0.348 e. The van der Waals surface area contributed by atoms with Crippen molar-refractivity contribution in [2.75, 3.05) is 6.54 Å². The molecule has 0 saturated heterocycles. The van der Waals surface area contributed by atoms with E-state index in [1.165, 1.54) is 0 Å². The Morgan fingerprint density at radius 2 is 1.86 bits per heavy atom. The highest BCUT2D eigenvalue weighted by Crippen LogP contribution is 2.09. The normalized spacial score (nSPS) is 9.62. The predicted octanol–water partition coefficient (Wildman–Crippen LogP) is 2.24. The Labute approximate surface area is 125 Å². The maximum Gasteiger partial charge on any atom is 0.252 e. The quantitative estimate of drug-likeness (QED) is 0.846. The molecule has 0 spiro atoms. The van der Waals surface area contributed by atoms with E-state index in [0.29, 0.717) is 17.7 Å². The van der Waals surface area contributed by atoms with Crippen LogP contribution in [-0.2, 0) is 6.54 Å². The van der Waals surface area contributed by atoms with Gasteiger partial charge in [0.25, 0.3) is 5.91 Å². The summed E-state index contributed by atoms with van der Waals surface area (Å²) in [6.07, 6.45) is 0. The van der Waals surface area contributed by atoms with E-state index in [9.17, 15) is 4.79 Å². The van der Waals surface area contributed by atoms with Gasteiger partial charge in [0.05, 0.1) is 12.1 Å². The third-order valence-electron chi connectivity index (χ3n) is 3.20. The Morgan fingerprint density at radius 1 is 1.14 bits per heavy atom. The van der Waals surface area contributed by atoms with Gasteiger partial charge in [-0.3, -0.25) is 4.79 Å². The molecule has 0 saturated carbocycles. The van der Waals surface area contributed by atoms with Crippen LogP contribution < -0.4 is 11.1 Å². The van der Waals surface area contributed by atoms with Crippen LogP contribution in [0.3, 0.4) is 0 Å². The summed E-state index contributed by atoms with van der Waals surface area (Å²) < 4.78 is 0. The lowest BCUT2D eigenvalue weighted by Crippen LogP contribution is -2.24. The van der Waals surface area contributed by atoms with Crippen molar-refractivity contribution < 1.29 is 4.79 Å². The third kappa shape index (κ3) is 3.95. The zero-order chi connectivity index (χ0) is 15.1. The second-order valence-electron chi connectivity index (χ2n) is 4.66. The Kier molecular flexibility index (Phi) is 5.14. The van der Waals surface area contributed by atoms with Crippen molar-refractivity contribution in [1.29, 1.82) is 0 Å². The average Bonchev–Trinajstić information content (AvgIpc) is 2.52. The molecule has 0 unspecified atom stereocenters. The van der Waals surface area contributed by atoms with Gasteiger partial charge in [0.15, 0.2) is 0 Å². The standard InChI is InChI=1S/C18H18N2O/c1-14-7-2-3-9-16(14)13-20-18(21)17-11-5-4-8-15(17)10-6-12-19/h2-5,7-9,11H,12-13,19H2,1H3,(H,20,21). The van der Waals surface area contributed by atoms with Crippen molar-refractivity contribution >= 4 is 5.91 Å². The lowest BCUT2D eigenvalue weighted by atomic mass is 10.1. The van der Waals surface area contributed by atoms with Crippen molar-refractivity contribution in [3.8, 4) is 11.8 Å². The highest BCUT2D eigenvalue weighted by molar-refractivity contribution is 5.96. The van der Waals surface area contributed by atoms with Crippen molar-refractivity contribution in [2.24, 2.45) is 5.73 Å². The van der Waals surface area contributed by atoms with Gasteiger partial charge in [-0.2, -0.15) is 0 Å². The molecule has 0 heterocycles. The first-order chi connectivity index (χ1) is 10.2. The van der Waals surface area contributed by atoms with E-state index in [1.54, 1.807) is 6.07 Å². The number of nitrogens with one attached hydrogen (secondary N) is 1. The van der Waals surface area contributed by atoms with E-state index in [4.69, 9.17) is 5.73 Å². The molecule has 21 heavy (non-hydrogen) atoms. The summed E-state index contributed by atoms with van der Waals surface area (Å²) >= 11 is 0. The summed E-state index contributed by atoms with van der Waals surface area (Å²) in [5.41, 5.74) is 8.92. The van der Waals surface area contributed by atoms with Crippen LogP contribution in [0, 0.1) is 18.8 Å². The van der Waals surface area contributed by atoms with E-state index in [1.807, 2.05) is 49.4 Å². The average molecular weight is 278 g/mol. The Bertz CT molecular complexity index is 696. The Morgan fingerprint density at radius 3 is 2.62 bits per heavy atom. The third-order valence-corrected chi connectivity index (χ3v) is 3.20. The van der Waals surface area contributed by atoms with E-state index in [2.05, 4.69) is 17.2 Å². The van der Waals surface area contributed by atoms with Gasteiger partial charge in [-0.15, -0.1) is 0 Å². The number of nitrogens with two attached hydrogens (primary N) is 1. The number of carbonyl (C=O) groups is 1. The zero-order valence-electron chi connectivity index (χ0n) is 12.0. The van der Waals surface area contributed by atoms with Crippen molar-refractivity contribution in [3.63, 3.8) is 0 Å². The van der Waals surface area contributed by atoms with Crippen LogP contribution in [0.5, 0.6) is 0 Å². The lowest BCUT2D eigenvalue weighted by molar-refractivity contribution is 0.0950. The molecule has 0 fully saturated rings. The SMILES string of the molecule is Cc1ccccc1CNC(=O)c1ccccc1C#CCN. The van der Waals surface area contributed by atoms with Crippen LogP contribution in [0.2, 0.25) is 0 Å². The topological polar surface area (TPSA) is 55.1 Å². The first-order valence-electron chi connectivity index (χ1n) is 6.83. The van der Waals surface area contributed by atoms with Crippen LogP contribution in [0.1, 0.15) is 27.0 Å². The van der Waals surface area contributed by atoms with Crippen LogP contribution >= 0.6 is 0 Å². The van der Waals surface area contributed by atoms with Crippen LogP contribution in [0.25, 0.3) is 0 Å². The minimum absolute atomic E-state index is 0.125. The van der Waals surface area contributed by atoms with E-state index in [-0.39, 0.29) is 12.5 Å². The number of amides is 1. The molecule has 0 aliphatic carbocycles. The highest BCUT2D eigenvalue weighted by atomic mass is 16.1. The summed E-state index contributed by atoms with van der Waals surface area (Å²) in [4.78, 5) is 12.3. The van der Waals surface area contributed by atoms with Gasteiger partial charge < -0.3 is 11.1 Å². The van der Waals surface area contributed by atoms with Gasteiger partial charge in [-0.25, -0.2) is 0 Å². The lowest BCUT2D eigenvalue weighted by Gasteiger charge is -2.09. The van der Waals surface area contributed by atoms with Crippen LogP contribution in [-0.4, -0.2) is 12.5 Å². The Balaban J connectivity index is 2.12. The number of rotatable bonds is 3. The smallest absolute Gasteiger partial charge is 0.252 e. The Hall–Kier alpha value is -2.57. The molecule has 2 rings (SSSR count). The molecule has 0 aliphatic rings. The maximum atomic E-state index is 12.3. The van der Waals surface area contributed by atoms with Crippen LogP contribution in [0.4, 0.5) is 0 Å². The van der Waals surface area contributed by atoms with E-state index < -0.39 is 0 Å². The maximum absolute atomic E-state index is 12.3. The minimum Gasteiger partial charge on any atom is -0.348 e. The molecule has 0 bridgehead atoms. The fraction of sp³-hybridized carbons (Fsp3) is 0.167. The zero-order valence-corrected chi connectivity index (χ0v) is 12.0. The van der Waals surface area contributed by atoms with Gasteiger partial charge in [-0.1, -0.05) is 48.2 Å². The van der Waals surface area contributed by atoms with E-state index >= 15 is 0 Å². The summed E-state index contributed by atoms with van der Waals surface area (Å²) in [5, 5.41) is 2.93. The number of hydrogen-bond donors (Lipinski definition) is 2. The predicted molar refractivity (Wildman–Crippen MR) is 84.7 cm³/mol. The molecule has 0 aliphatic heterocycles. The highest BCUT2D eigenvalue weighted by Gasteiger charge is 2.09. The summed E-state index contributed by atoms with van der Waals surface area (Å²) in [6, 6.07) is 15.3. The van der Waals surface area contributed by atoms with Gasteiger partial charge in [0.1, 0.15) is 0 Å². The van der Waals surface area contributed by atoms with Crippen molar-refractivity contribution in [3.05, 3.63) is 70.8 Å². The fourth-order valence-electron chi connectivity index (χ4n) is 2.02. The molecule has 2 aromatic carbocycles. The molecule has 0 atom stereocenters. The molecule has 3 nitrogen and oxygen atoms in total. The second-order valence-corrected chi connectivity index (χ2v) is 4.66. The van der Waals surface area contributed by atoms with Gasteiger partial charge in [-0.05, 0) is 30.2 Å². The molecule has 0 aromatic heterocycles. The molecule has 3 heteroatoms. The van der Waals surface area contributed by atoms with Crippen molar-refractivity contribution in [2.45, 2.75) is 13.5 Å². The number of benzene rings is 2. The molecule has 2 aromatic rings. The van der Waals surface area contributed by atoms with Gasteiger partial charge >= 0.3 is 0 Å². The number of hydrogen-bond acceptors (Lipinski definition) is 2. The molecular formula is C18H18N2O. The first-order valence-corrected chi connectivity index (χ1v) is 6.83. The molecule has 1 amide bonds. The summed E-state index contributed by atoms with van der Waals surface area (Å²) in [6.45, 7) is 2.81. The summed E-state index contributed by atoms with van der Waals surface area (Å²) in [5.74, 6) is 5.58. The van der Waals surface area contributed by atoms with Crippen molar-refractivity contribution in [1.82, 2.24) is 5.32 Å². The molecule has 0 radical (unpaired) electrons. The number of carbonyl (C=O) groups excluding carboxylic acids is 1. The monoisotopic (exact) mass is 278 g/mol. The van der Waals surface area contributed by atoms with E-state index in [0.717, 1.165) is 11.1 Å². The van der Waals surface area contributed by atoms with Gasteiger partial charge in [0, 0.05) is 12.1 Å². The van der Waals surface area contributed by atoms with Gasteiger partial charge in [0.2, 0.25) is 0 Å². The van der Waals surface area contributed by atoms with Crippen LogP contribution in [0.15, 0.2) is 48.5 Å². The molecular weight excluding hydrogens is 260 g/mol. The number of aryl methyl sites for hydroxylation is 1. The molecule has 3 N–H and O–H groups in total. The second kappa shape index (κ2) is 7.28. The minimum atomic E-state index is -0.125. The first kappa shape index (κ1) is 14.8. The fourth-order valence-corrected chi connectivity index (χ4v) is 2.02. The summed E-state index contributed by atoms with van der Waals surface area (Å²) in [7, 11) is 0.